The Morgan fingerprint density at radius 2 is 1.88 bits per heavy atom. The van der Waals surface area contributed by atoms with Crippen molar-refractivity contribution in [3.05, 3.63) is 0 Å². The molecule has 0 aliphatic heterocycles. The Balaban J connectivity index is 1.80. The number of hydrogen-bond donors (Lipinski definition) is 1. The Bertz CT molecular complexity index is 221. The van der Waals surface area contributed by atoms with E-state index in [0.29, 0.717) is 5.41 Å². The largest absolute Gasteiger partial charge is 0.315 e. The molecule has 1 N–H and O–H groups in total. The fraction of sp³-hybridized carbons (Fsp3) is 1.00. The summed E-state index contributed by atoms with van der Waals surface area (Å²) in [5.74, 6) is 2.45. The Kier molecular flexibility index (Phi) is 4.23. The second-order valence-corrected chi connectivity index (χ2v) is 7.59. The zero-order valence-electron chi connectivity index (χ0n) is 11.1. The third-order valence-electron chi connectivity index (χ3n) is 4.62. The summed E-state index contributed by atoms with van der Waals surface area (Å²) in [6.45, 7) is 4.84. The summed E-state index contributed by atoms with van der Waals surface area (Å²) >= 11 is 2.25. The number of hydrogen-bond acceptors (Lipinski definition) is 2. The summed E-state index contributed by atoms with van der Waals surface area (Å²) in [6, 6.07) is 0.721. The van der Waals surface area contributed by atoms with Crippen LogP contribution in [-0.2, 0) is 0 Å². The van der Waals surface area contributed by atoms with Crippen LogP contribution in [-0.4, -0.2) is 24.1 Å². The average Bonchev–Trinajstić information content (AvgIpc) is 2.82. The zero-order chi connectivity index (χ0) is 11.6. The second-order valence-electron chi connectivity index (χ2n) is 6.32. The topological polar surface area (TPSA) is 12.0 Å². The van der Waals surface area contributed by atoms with Gasteiger partial charge in [0.2, 0.25) is 0 Å². The molecule has 2 unspecified atom stereocenters. The lowest BCUT2D eigenvalue weighted by molar-refractivity contribution is 0.300. The van der Waals surface area contributed by atoms with Gasteiger partial charge in [-0.05, 0) is 49.8 Å². The van der Waals surface area contributed by atoms with Gasteiger partial charge in [-0.2, -0.15) is 11.8 Å². The summed E-state index contributed by atoms with van der Waals surface area (Å²) in [6.07, 6.45) is 8.76. The van der Waals surface area contributed by atoms with Crippen LogP contribution in [0.5, 0.6) is 0 Å². The highest BCUT2D eigenvalue weighted by atomic mass is 32.2. The predicted octanol–water partition coefficient (Wildman–Crippen LogP) is 3.69. The molecule has 2 rings (SSSR count). The highest BCUT2D eigenvalue weighted by Gasteiger charge is 2.41. The molecular formula is C14H27NS. The first kappa shape index (κ1) is 12.8. The smallest absolute Gasteiger partial charge is 0.0234 e. The Hall–Kier alpha value is 0.310. The van der Waals surface area contributed by atoms with E-state index in [0.717, 1.165) is 17.2 Å². The van der Waals surface area contributed by atoms with Gasteiger partial charge in [-0.15, -0.1) is 0 Å². The molecule has 2 heteroatoms. The lowest BCUT2D eigenvalue weighted by Crippen LogP contribution is -2.41. The van der Waals surface area contributed by atoms with E-state index in [1.54, 1.807) is 0 Å². The maximum Gasteiger partial charge on any atom is 0.0234 e. The van der Waals surface area contributed by atoms with Crippen LogP contribution in [0.3, 0.4) is 0 Å². The quantitative estimate of drug-likeness (QED) is 0.805. The third kappa shape index (κ3) is 2.76. The molecule has 0 saturated heterocycles. The SMILES string of the molecule is CNC1C(SCC2CCCC2)CCC1(C)C. The van der Waals surface area contributed by atoms with Gasteiger partial charge in [0, 0.05) is 11.3 Å². The van der Waals surface area contributed by atoms with E-state index >= 15 is 0 Å². The highest BCUT2D eigenvalue weighted by molar-refractivity contribution is 8.00. The van der Waals surface area contributed by atoms with Crippen molar-refractivity contribution >= 4 is 11.8 Å². The Labute approximate surface area is 105 Å². The molecule has 1 nitrogen and oxygen atoms in total. The molecule has 0 radical (unpaired) electrons. The molecule has 0 spiro atoms. The molecule has 2 aliphatic rings. The molecule has 0 aromatic heterocycles. The van der Waals surface area contributed by atoms with Crippen LogP contribution in [0.25, 0.3) is 0 Å². The van der Waals surface area contributed by atoms with Crippen LogP contribution in [0.2, 0.25) is 0 Å². The minimum Gasteiger partial charge on any atom is -0.315 e. The summed E-state index contributed by atoms with van der Waals surface area (Å²) in [7, 11) is 2.14. The number of rotatable bonds is 4. The van der Waals surface area contributed by atoms with Crippen molar-refractivity contribution in [2.24, 2.45) is 11.3 Å². The standard InChI is InChI=1S/C14H27NS/c1-14(2)9-8-12(13(14)15-3)16-10-11-6-4-5-7-11/h11-13,15H,4-10H2,1-3H3. The zero-order valence-corrected chi connectivity index (χ0v) is 11.9. The first-order valence-electron chi connectivity index (χ1n) is 6.92. The van der Waals surface area contributed by atoms with Crippen molar-refractivity contribution in [3.8, 4) is 0 Å². The summed E-state index contributed by atoms with van der Waals surface area (Å²) in [5.41, 5.74) is 0.502. The maximum atomic E-state index is 3.56. The molecule has 0 heterocycles. The fourth-order valence-electron chi connectivity index (χ4n) is 3.53. The minimum atomic E-state index is 0.502. The number of nitrogens with one attached hydrogen (secondary N) is 1. The van der Waals surface area contributed by atoms with Crippen molar-refractivity contribution in [3.63, 3.8) is 0 Å². The van der Waals surface area contributed by atoms with Crippen molar-refractivity contribution in [1.29, 1.82) is 0 Å². The predicted molar refractivity (Wildman–Crippen MR) is 74.1 cm³/mol. The molecule has 0 amide bonds. The molecule has 2 fully saturated rings. The monoisotopic (exact) mass is 241 g/mol. The minimum absolute atomic E-state index is 0.502. The average molecular weight is 241 g/mol. The van der Waals surface area contributed by atoms with E-state index in [1.165, 1.54) is 44.3 Å². The van der Waals surface area contributed by atoms with Gasteiger partial charge in [0.25, 0.3) is 0 Å². The van der Waals surface area contributed by atoms with E-state index in [9.17, 15) is 0 Å². The van der Waals surface area contributed by atoms with Crippen LogP contribution in [0.4, 0.5) is 0 Å². The van der Waals surface area contributed by atoms with E-state index in [1.807, 2.05) is 0 Å². The van der Waals surface area contributed by atoms with Crippen molar-refractivity contribution in [2.45, 2.75) is 63.7 Å². The molecule has 0 aromatic rings. The van der Waals surface area contributed by atoms with Gasteiger partial charge in [-0.1, -0.05) is 26.7 Å². The normalized spacial score (nSPS) is 34.7. The molecule has 2 saturated carbocycles. The molecule has 0 bridgehead atoms. The molecule has 2 atom stereocenters. The van der Waals surface area contributed by atoms with Crippen molar-refractivity contribution < 1.29 is 0 Å². The van der Waals surface area contributed by atoms with Gasteiger partial charge in [0.05, 0.1) is 0 Å². The first-order chi connectivity index (χ1) is 7.63. The van der Waals surface area contributed by atoms with Crippen LogP contribution < -0.4 is 5.32 Å². The van der Waals surface area contributed by atoms with Crippen LogP contribution in [0.15, 0.2) is 0 Å². The van der Waals surface area contributed by atoms with Gasteiger partial charge in [-0.25, -0.2) is 0 Å². The van der Waals surface area contributed by atoms with Crippen molar-refractivity contribution in [1.82, 2.24) is 5.32 Å². The van der Waals surface area contributed by atoms with Gasteiger partial charge in [0.15, 0.2) is 0 Å². The van der Waals surface area contributed by atoms with Crippen molar-refractivity contribution in [2.75, 3.05) is 12.8 Å². The van der Waals surface area contributed by atoms with E-state index in [2.05, 4.69) is 38.0 Å². The highest BCUT2D eigenvalue weighted by Crippen LogP contribution is 2.44. The van der Waals surface area contributed by atoms with Crippen LogP contribution in [0, 0.1) is 11.3 Å². The Morgan fingerprint density at radius 1 is 1.19 bits per heavy atom. The molecule has 16 heavy (non-hydrogen) atoms. The van der Waals surface area contributed by atoms with Gasteiger partial charge < -0.3 is 5.32 Å². The van der Waals surface area contributed by atoms with Crippen LogP contribution >= 0.6 is 11.8 Å². The van der Waals surface area contributed by atoms with Gasteiger partial charge >= 0.3 is 0 Å². The third-order valence-corrected chi connectivity index (χ3v) is 6.22. The lowest BCUT2D eigenvalue weighted by Gasteiger charge is -2.30. The summed E-state index contributed by atoms with van der Waals surface area (Å²) < 4.78 is 0. The molecule has 94 valence electrons. The Morgan fingerprint density at radius 3 is 2.50 bits per heavy atom. The fourth-order valence-corrected chi connectivity index (χ4v) is 5.37. The molecule has 0 aromatic carbocycles. The second kappa shape index (κ2) is 5.30. The molecule has 2 aliphatic carbocycles. The number of thioether (sulfide) groups is 1. The summed E-state index contributed by atoms with van der Waals surface area (Å²) in [4.78, 5) is 0. The van der Waals surface area contributed by atoms with Gasteiger partial charge in [-0.3, -0.25) is 0 Å². The first-order valence-corrected chi connectivity index (χ1v) is 7.97. The van der Waals surface area contributed by atoms with Crippen LogP contribution in [0.1, 0.15) is 52.4 Å². The van der Waals surface area contributed by atoms with E-state index in [-0.39, 0.29) is 0 Å². The van der Waals surface area contributed by atoms with E-state index in [4.69, 9.17) is 0 Å². The maximum absolute atomic E-state index is 3.56. The summed E-state index contributed by atoms with van der Waals surface area (Å²) in [5, 5.41) is 4.42. The van der Waals surface area contributed by atoms with E-state index < -0.39 is 0 Å². The molecular weight excluding hydrogens is 214 g/mol. The van der Waals surface area contributed by atoms with Gasteiger partial charge in [0.1, 0.15) is 0 Å². The lowest BCUT2D eigenvalue weighted by atomic mass is 9.87.